The van der Waals surface area contributed by atoms with Crippen LogP contribution in [0.1, 0.15) is 31.2 Å². The Morgan fingerprint density at radius 3 is 2.64 bits per heavy atom. The summed E-state index contributed by atoms with van der Waals surface area (Å²) in [5.41, 5.74) is 9.36. The first kappa shape index (κ1) is 16.1. The van der Waals surface area contributed by atoms with Crippen LogP contribution < -0.4 is 11.1 Å². The van der Waals surface area contributed by atoms with Crippen LogP contribution in [0.4, 0.5) is 10.3 Å². The van der Waals surface area contributed by atoms with Crippen LogP contribution in [-0.4, -0.2) is 21.6 Å². The number of fused-ring (bicyclic) bond motifs is 1. The molecule has 2 aromatic carbocycles. The number of hydrogen-bond donors (Lipinski definition) is 2. The molecule has 3 aromatic rings. The van der Waals surface area contributed by atoms with E-state index in [2.05, 4.69) is 16.0 Å². The largest absolute Gasteiger partial charge is 0.351 e. The van der Waals surface area contributed by atoms with E-state index in [0.29, 0.717) is 6.54 Å². The lowest BCUT2D eigenvalue weighted by Crippen LogP contribution is -2.43. The van der Waals surface area contributed by atoms with E-state index in [0.717, 1.165) is 35.4 Å². The zero-order valence-electron chi connectivity index (χ0n) is 14.2. The van der Waals surface area contributed by atoms with Gasteiger partial charge >= 0.3 is 0 Å². The summed E-state index contributed by atoms with van der Waals surface area (Å²) in [6.45, 7) is 0.644. The Morgan fingerprint density at radius 1 is 1.08 bits per heavy atom. The molecule has 0 unspecified atom stereocenters. The predicted octanol–water partition coefficient (Wildman–Crippen LogP) is 3.91. The summed E-state index contributed by atoms with van der Waals surface area (Å²) in [6, 6.07) is 15.1. The topological polar surface area (TPSA) is 55.9 Å². The van der Waals surface area contributed by atoms with Crippen LogP contribution in [0, 0.1) is 5.82 Å². The summed E-state index contributed by atoms with van der Waals surface area (Å²) < 4.78 is 15.4. The van der Waals surface area contributed by atoms with Crippen molar-refractivity contribution in [2.75, 3.05) is 5.32 Å². The second kappa shape index (κ2) is 6.84. The van der Waals surface area contributed by atoms with Gasteiger partial charge in [-0.2, -0.15) is 0 Å². The Kier molecular flexibility index (Phi) is 4.40. The number of para-hydroxylation sites is 2. The minimum Gasteiger partial charge on any atom is -0.351 e. The van der Waals surface area contributed by atoms with Crippen LogP contribution in [0.5, 0.6) is 0 Å². The van der Waals surface area contributed by atoms with Crippen LogP contribution in [0.2, 0.25) is 0 Å². The van der Waals surface area contributed by atoms with Crippen LogP contribution in [0.15, 0.2) is 48.5 Å². The molecule has 1 aromatic heterocycles. The molecule has 0 spiro atoms. The van der Waals surface area contributed by atoms with Crippen molar-refractivity contribution in [3.63, 3.8) is 0 Å². The average molecular weight is 338 g/mol. The Balaban J connectivity index is 1.68. The molecule has 0 radical (unpaired) electrons. The molecule has 1 aliphatic carbocycles. The Morgan fingerprint density at radius 2 is 1.84 bits per heavy atom. The number of imidazole rings is 1. The SMILES string of the molecule is N[C@@H]1CCCC[C@H]1Nc1nc2ccccc2n1Cc1ccc(F)cc1. The fourth-order valence-corrected chi connectivity index (χ4v) is 3.62. The third-order valence-corrected chi connectivity index (χ3v) is 5.04. The van der Waals surface area contributed by atoms with Crippen molar-refractivity contribution in [2.24, 2.45) is 5.73 Å². The molecule has 3 N–H and O–H groups in total. The molecule has 2 atom stereocenters. The van der Waals surface area contributed by atoms with E-state index in [9.17, 15) is 4.39 Å². The molecule has 4 rings (SSSR count). The van der Waals surface area contributed by atoms with Crippen molar-refractivity contribution < 1.29 is 4.39 Å². The summed E-state index contributed by atoms with van der Waals surface area (Å²) in [5, 5.41) is 3.57. The van der Waals surface area contributed by atoms with E-state index >= 15 is 0 Å². The second-order valence-corrected chi connectivity index (χ2v) is 6.84. The lowest BCUT2D eigenvalue weighted by Gasteiger charge is -2.29. The van der Waals surface area contributed by atoms with Gasteiger partial charge in [-0.1, -0.05) is 37.1 Å². The van der Waals surface area contributed by atoms with E-state index in [-0.39, 0.29) is 17.9 Å². The molecule has 25 heavy (non-hydrogen) atoms. The van der Waals surface area contributed by atoms with Crippen molar-refractivity contribution >= 4 is 17.0 Å². The Bertz CT molecular complexity index is 856. The fraction of sp³-hybridized carbons (Fsp3) is 0.350. The monoisotopic (exact) mass is 338 g/mol. The number of hydrogen-bond acceptors (Lipinski definition) is 3. The van der Waals surface area contributed by atoms with Crippen molar-refractivity contribution in [3.8, 4) is 0 Å². The number of rotatable bonds is 4. The number of aromatic nitrogens is 2. The zero-order valence-corrected chi connectivity index (χ0v) is 14.2. The molecule has 130 valence electrons. The van der Waals surface area contributed by atoms with Crippen molar-refractivity contribution in [1.29, 1.82) is 0 Å². The highest BCUT2D eigenvalue weighted by atomic mass is 19.1. The summed E-state index contributed by atoms with van der Waals surface area (Å²) >= 11 is 0. The first-order valence-electron chi connectivity index (χ1n) is 8.92. The van der Waals surface area contributed by atoms with Crippen LogP contribution in [0.3, 0.4) is 0 Å². The van der Waals surface area contributed by atoms with E-state index in [1.54, 1.807) is 0 Å². The van der Waals surface area contributed by atoms with Gasteiger partial charge in [-0.3, -0.25) is 0 Å². The molecule has 0 amide bonds. The van der Waals surface area contributed by atoms with E-state index < -0.39 is 0 Å². The molecular formula is C20H23FN4. The van der Waals surface area contributed by atoms with E-state index in [4.69, 9.17) is 10.7 Å². The first-order chi connectivity index (χ1) is 12.2. The second-order valence-electron chi connectivity index (χ2n) is 6.84. The minimum absolute atomic E-state index is 0.160. The third kappa shape index (κ3) is 3.37. The normalized spacial score (nSPS) is 20.7. The van der Waals surface area contributed by atoms with Gasteiger partial charge < -0.3 is 15.6 Å². The first-order valence-corrected chi connectivity index (χ1v) is 8.92. The number of halogens is 1. The van der Waals surface area contributed by atoms with Gasteiger partial charge in [0.2, 0.25) is 5.95 Å². The number of nitrogens with two attached hydrogens (primary N) is 1. The van der Waals surface area contributed by atoms with Gasteiger partial charge in [-0.25, -0.2) is 9.37 Å². The fourth-order valence-electron chi connectivity index (χ4n) is 3.62. The summed E-state index contributed by atoms with van der Waals surface area (Å²) in [5.74, 6) is 0.624. The van der Waals surface area contributed by atoms with Gasteiger partial charge in [-0.15, -0.1) is 0 Å². The maximum absolute atomic E-state index is 13.2. The van der Waals surface area contributed by atoms with Gasteiger partial charge in [-0.05, 0) is 42.7 Å². The molecule has 5 heteroatoms. The molecule has 4 nitrogen and oxygen atoms in total. The lowest BCUT2D eigenvalue weighted by molar-refractivity contribution is 0.401. The van der Waals surface area contributed by atoms with Gasteiger partial charge in [0, 0.05) is 12.1 Å². The van der Waals surface area contributed by atoms with Crippen molar-refractivity contribution in [3.05, 3.63) is 59.9 Å². The molecule has 1 heterocycles. The Hall–Kier alpha value is -2.40. The summed E-state index contributed by atoms with van der Waals surface area (Å²) in [7, 11) is 0. The predicted molar refractivity (Wildman–Crippen MR) is 99.1 cm³/mol. The quantitative estimate of drug-likeness (QED) is 0.758. The molecule has 0 aliphatic heterocycles. The van der Waals surface area contributed by atoms with Crippen LogP contribution in [-0.2, 0) is 6.54 Å². The van der Waals surface area contributed by atoms with Gasteiger partial charge in [0.05, 0.1) is 17.6 Å². The standard InChI is InChI=1S/C20H23FN4/c21-15-11-9-14(10-12-15)13-25-19-8-4-3-7-18(19)24-20(25)23-17-6-2-1-5-16(17)22/h3-4,7-12,16-17H,1-2,5-6,13,22H2,(H,23,24)/t16-,17-/m1/s1. The van der Waals surface area contributed by atoms with Gasteiger partial charge in [0.1, 0.15) is 5.82 Å². The maximum atomic E-state index is 13.2. The smallest absolute Gasteiger partial charge is 0.204 e. The highest BCUT2D eigenvalue weighted by Crippen LogP contribution is 2.25. The van der Waals surface area contributed by atoms with E-state index in [1.165, 1.54) is 25.0 Å². The van der Waals surface area contributed by atoms with E-state index in [1.807, 2.05) is 30.3 Å². The minimum atomic E-state index is -0.217. The van der Waals surface area contributed by atoms with Crippen LogP contribution >= 0.6 is 0 Å². The number of nitrogens with zero attached hydrogens (tertiary/aromatic N) is 2. The maximum Gasteiger partial charge on any atom is 0.204 e. The molecule has 1 fully saturated rings. The molecule has 1 aliphatic rings. The third-order valence-electron chi connectivity index (χ3n) is 5.04. The molecule has 0 saturated heterocycles. The highest BCUT2D eigenvalue weighted by molar-refractivity contribution is 5.78. The van der Waals surface area contributed by atoms with Crippen molar-refractivity contribution in [1.82, 2.24) is 9.55 Å². The molecular weight excluding hydrogens is 315 g/mol. The molecule has 0 bridgehead atoms. The zero-order chi connectivity index (χ0) is 17.2. The summed E-state index contributed by atoms with van der Waals surface area (Å²) in [6.07, 6.45) is 4.52. The number of benzene rings is 2. The Labute approximate surface area is 146 Å². The summed E-state index contributed by atoms with van der Waals surface area (Å²) in [4.78, 5) is 4.78. The highest BCUT2D eigenvalue weighted by Gasteiger charge is 2.23. The van der Waals surface area contributed by atoms with Gasteiger partial charge in [0.25, 0.3) is 0 Å². The van der Waals surface area contributed by atoms with Gasteiger partial charge in [0.15, 0.2) is 0 Å². The van der Waals surface area contributed by atoms with Crippen LogP contribution in [0.25, 0.3) is 11.0 Å². The number of anilines is 1. The average Bonchev–Trinajstić information content (AvgIpc) is 2.96. The van der Waals surface area contributed by atoms with Crippen molar-refractivity contribution in [2.45, 2.75) is 44.3 Å². The lowest BCUT2D eigenvalue weighted by atomic mass is 9.91. The molecule has 1 saturated carbocycles. The number of nitrogens with one attached hydrogen (secondary N) is 1.